The average molecular weight is 681 g/mol. The summed E-state index contributed by atoms with van der Waals surface area (Å²) in [4.78, 5) is 18.2. The molecule has 0 unspecified atom stereocenters. The molecule has 2 N–H and O–H groups in total. The van der Waals surface area contributed by atoms with E-state index in [0.29, 0.717) is 23.7 Å². The number of benzene rings is 2. The van der Waals surface area contributed by atoms with Gasteiger partial charge in [0.25, 0.3) is 5.56 Å². The minimum absolute atomic E-state index is 0.0185. The van der Waals surface area contributed by atoms with E-state index in [1.165, 1.54) is 101 Å². The molecule has 0 radical (unpaired) electrons. The average Bonchev–Trinajstić information content (AvgIpc) is 3.48. The van der Waals surface area contributed by atoms with Crippen molar-refractivity contribution in [1.29, 1.82) is 5.26 Å². The number of anilines is 1. The van der Waals surface area contributed by atoms with Gasteiger partial charge in [0.05, 0.1) is 6.61 Å². The Morgan fingerprint density at radius 3 is 1.90 bits per heavy atom. The molecule has 0 bridgehead atoms. The molecule has 0 saturated carbocycles. The third-order valence-electron chi connectivity index (χ3n) is 9.35. The van der Waals surface area contributed by atoms with Crippen LogP contribution in [-0.4, -0.2) is 27.8 Å². The van der Waals surface area contributed by atoms with E-state index >= 15 is 0 Å². The summed E-state index contributed by atoms with van der Waals surface area (Å²) in [7, 11) is 0. The van der Waals surface area contributed by atoms with Crippen molar-refractivity contribution in [3.8, 4) is 28.7 Å². The van der Waals surface area contributed by atoms with Gasteiger partial charge in [0.1, 0.15) is 28.4 Å². The van der Waals surface area contributed by atoms with E-state index in [1.807, 2.05) is 55.5 Å². The van der Waals surface area contributed by atoms with Crippen LogP contribution in [0.4, 0.5) is 5.82 Å². The molecule has 0 aliphatic rings. The number of nitrogens with zero attached hydrogens (tertiary/aromatic N) is 3. The number of aliphatic hydroxyl groups is 1. The van der Waals surface area contributed by atoms with E-state index in [9.17, 15) is 15.2 Å². The zero-order valence-corrected chi connectivity index (χ0v) is 30.4. The van der Waals surface area contributed by atoms with Gasteiger partial charge in [-0.1, -0.05) is 140 Å². The quantitative estimate of drug-likeness (QED) is 0.0593. The highest BCUT2D eigenvalue weighted by molar-refractivity contribution is 5.81. The summed E-state index contributed by atoms with van der Waals surface area (Å²) < 4.78 is 13.4. The number of nitrogens with one attached hydrogen (secondary N) is 1. The van der Waals surface area contributed by atoms with Gasteiger partial charge in [-0.05, 0) is 43.5 Å². The third kappa shape index (κ3) is 11.0. The topological polar surface area (TPSA) is 109 Å². The lowest BCUT2D eigenvalue weighted by molar-refractivity contribution is 0.272. The molecule has 2 heterocycles. The van der Waals surface area contributed by atoms with Crippen LogP contribution in [0.3, 0.4) is 0 Å². The number of aryl methyl sites for hydroxylation is 1. The maximum Gasteiger partial charge on any atom is 0.270 e. The van der Waals surface area contributed by atoms with Gasteiger partial charge in [-0.25, -0.2) is 4.98 Å². The van der Waals surface area contributed by atoms with E-state index in [0.717, 1.165) is 24.0 Å². The van der Waals surface area contributed by atoms with Crippen LogP contribution in [0.1, 0.15) is 128 Å². The van der Waals surface area contributed by atoms with Crippen molar-refractivity contribution < 1.29 is 14.6 Å². The Balaban J connectivity index is 1.22. The predicted molar refractivity (Wildman–Crippen MR) is 204 cm³/mol. The van der Waals surface area contributed by atoms with Gasteiger partial charge in [0.15, 0.2) is 23.9 Å². The molecule has 4 aromatic rings. The molecular weight excluding hydrogens is 624 g/mol. The highest BCUT2D eigenvalue weighted by atomic mass is 16.5. The SMILES string of the molecule is CCCCCCCCCCCCCCCCCCOc1ccccc1OCNc1nc2c(C#N)c(-c3ccccc3C)cn2c(=O)c1=C(C)O. The van der Waals surface area contributed by atoms with Crippen LogP contribution in [-0.2, 0) is 0 Å². The van der Waals surface area contributed by atoms with Crippen molar-refractivity contribution in [3.05, 3.63) is 81.4 Å². The van der Waals surface area contributed by atoms with E-state index in [4.69, 9.17) is 9.47 Å². The van der Waals surface area contributed by atoms with Crippen molar-refractivity contribution in [2.45, 2.75) is 124 Å². The van der Waals surface area contributed by atoms with E-state index < -0.39 is 5.56 Å². The van der Waals surface area contributed by atoms with Crippen LogP contribution < -0.4 is 25.6 Å². The monoisotopic (exact) mass is 680 g/mol. The lowest BCUT2D eigenvalue weighted by Gasteiger charge is -2.14. The molecule has 0 aliphatic carbocycles. The molecule has 0 spiro atoms. The highest BCUT2D eigenvalue weighted by Gasteiger charge is 2.19. The zero-order chi connectivity index (χ0) is 35.6. The van der Waals surface area contributed by atoms with Gasteiger partial charge < -0.3 is 19.9 Å². The molecule has 0 atom stereocenters. The molecule has 2 aromatic carbocycles. The van der Waals surface area contributed by atoms with Gasteiger partial charge in [-0.15, -0.1) is 0 Å². The van der Waals surface area contributed by atoms with Crippen molar-refractivity contribution in [1.82, 2.24) is 9.38 Å². The molecule has 8 nitrogen and oxygen atoms in total. The summed E-state index contributed by atoms with van der Waals surface area (Å²) in [5.74, 6) is 1.17. The number of fused-ring (bicyclic) bond motifs is 1. The summed E-state index contributed by atoms with van der Waals surface area (Å²) in [6.45, 7) is 6.25. The van der Waals surface area contributed by atoms with Gasteiger partial charge in [-0.2, -0.15) is 5.26 Å². The van der Waals surface area contributed by atoms with Crippen molar-refractivity contribution in [2.75, 3.05) is 18.7 Å². The molecule has 50 heavy (non-hydrogen) atoms. The van der Waals surface area contributed by atoms with E-state index in [1.54, 1.807) is 6.20 Å². The molecule has 0 saturated heterocycles. The number of hydrogen-bond donors (Lipinski definition) is 2. The summed E-state index contributed by atoms with van der Waals surface area (Å²) in [5, 5.41) is 23.6. The standard InChI is InChI=1S/C42H56N4O4/c1-4-5-6-7-8-9-10-11-12-13-14-15-16-17-18-23-28-49-37-26-21-22-27-38(37)50-31-44-40-39(33(3)47)42(48)46-30-36(35(29-43)41(46)45-40)34-25-20-19-24-32(34)2/h19-22,24-27,30,47H,4-18,23,28,31H2,1-3H3,(H,44,45). The number of nitriles is 1. The molecule has 8 heteroatoms. The van der Waals surface area contributed by atoms with E-state index in [2.05, 4.69) is 23.3 Å². The van der Waals surface area contributed by atoms with E-state index in [-0.39, 0.29) is 34.7 Å². The molecule has 0 aliphatic heterocycles. The first-order chi connectivity index (χ1) is 24.5. The Bertz CT molecular complexity index is 1790. The maximum absolute atomic E-state index is 13.5. The minimum Gasteiger partial charge on any atom is -0.512 e. The van der Waals surface area contributed by atoms with Gasteiger partial charge in [-0.3, -0.25) is 9.20 Å². The van der Waals surface area contributed by atoms with Crippen LogP contribution in [0.15, 0.2) is 59.5 Å². The number of hydrogen-bond acceptors (Lipinski definition) is 7. The molecule has 268 valence electrons. The highest BCUT2D eigenvalue weighted by Crippen LogP contribution is 2.30. The molecule has 0 fully saturated rings. The first-order valence-corrected chi connectivity index (χ1v) is 18.8. The van der Waals surface area contributed by atoms with Crippen molar-refractivity contribution in [2.24, 2.45) is 0 Å². The Morgan fingerprint density at radius 2 is 1.34 bits per heavy atom. The normalized spacial score (nSPS) is 11.8. The fourth-order valence-corrected chi connectivity index (χ4v) is 6.49. The second-order valence-electron chi connectivity index (χ2n) is 13.3. The second-order valence-corrected chi connectivity index (χ2v) is 13.3. The summed E-state index contributed by atoms with van der Waals surface area (Å²) in [6.07, 6.45) is 22.9. The second kappa shape index (κ2) is 20.9. The summed E-state index contributed by atoms with van der Waals surface area (Å²) in [5.41, 5.74) is 2.45. The number of aromatic nitrogens is 2. The molecule has 4 rings (SSSR count). The van der Waals surface area contributed by atoms with Crippen molar-refractivity contribution >= 4 is 17.2 Å². The number of ether oxygens (including phenoxy) is 2. The first kappa shape index (κ1) is 38.3. The Morgan fingerprint density at radius 1 is 0.800 bits per heavy atom. The Labute approximate surface area is 298 Å². The van der Waals surface area contributed by atoms with Crippen LogP contribution in [0.25, 0.3) is 22.5 Å². The minimum atomic E-state index is -0.476. The zero-order valence-electron chi connectivity index (χ0n) is 30.4. The number of unbranched alkanes of at least 4 members (excludes halogenated alkanes) is 15. The van der Waals surface area contributed by atoms with Crippen LogP contribution in [0.5, 0.6) is 11.5 Å². The summed E-state index contributed by atoms with van der Waals surface area (Å²) in [6, 6.07) is 17.4. The molecular formula is C42H56N4O4. The largest absolute Gasteiger partial charge is 0.512 e. The lowest BCUT2D eigenvalue weighted by atomic mass is 10.0. The van der Waals surface area contributed by atoms with Gasteiger partial charge >= 0.3 is 0 Å². The number of para-hydroxylation sites is 2. The Hall–Kier alpha value is -4.51. The smallest absolute Gasteiger partial charge is 0.270 e. The molecule has 2 aromatic heterocycles. The fourth-order valence-electron chi connectivity index (χ4n) is 6.49. The van der Waals surface area contributed by atoms with Crippen LogP contribution in [0, 0.1) is 18.3 Å². The molecule has 0 amide bonds. The number of rotatable bonds is 23. The maximum atomic E-state index is 13.5. The third-order valence-corrected chi connectivity index (χ3v) is 9.35. The first-order valence-electron chi connectivity index (χ1n) is 18.8. The van der Waals surface area contributed by atoms with Crippen molar-refractivity contribution in [3.63, 3.8) is 0 Å². The fraction of sp³-hybridized carbons (Fsp3) is 0.500. The Kier molecular flexibility index (Phi) is 16.0. The van der Waals surface area contributed by atoms with Crippen LogP contribution in [0.2, 0.25) is 0 Å². The summed E-state index contributed by atoms with van der Waals surface area (Å²) >= 11 is 0. The number of aliphatic hydroxyl groups excluding tert-OH is 1. The van der Waals surface area contributed by atoms with Gasteiger partial charge in [0.2, 0.25) is 0 Å². The van der Waals surface area contributed by atoms with Gasteiger partial charge in [0, 0.05) is 11.8 Å². The lowest BCUT2D eigenvalue weighted by Crippen LogP contribution is -2.36. The van der Waals surface area contributed by atoms with Crippen LogP contribution >= 0.6 is 0 Å². The predicted octanol–water partition coefficient (Wildman–Crippen LogP) is 10.0.